The number of fused-ring (bicyclic) bond motifs is 3. The van der Waals surface area contributed by atoms with Crippen LogP contribution in [0.25, 0.3) is 0 Å². The van der Waals surface area contributed by atoms with Crippen LogP contribution in [0, 0.1) is 29.6 Å². The molecule has 15 unspecified atom stereocenters. The Hall–Kier alpha value is -4.06. The van der Waals surface area contributed by atoms with Crippen molar-refractivity contribution in [2.24, 2.45) is 35.3 Å². The average molecular weight is 915 g/mol. The molecule has 3 fully saturated rings. The number of Topliss-reactive ketones (excluding diaryl/α,β-unsaturated/α-hetero) is 2. The van der Waals surface area contributed by atoms with Crippen LogP contribution >= 0.6 is 0 Å². The van der Waals surface area contributed by atoms with Gasteiger partial charge in [-0.1, -0.05) is 39.8 Å². The second-order valence-corrected chi connectivity index (χ2v) is 18.9. The monoisotopic (exact) mass is 914 g/mol. The van der Waals surface area contributed by atoms with Crippen LogP contribution in [0.2, 0.25) is 0 Å². The van der Waals surface area contributed by atoms with Gasteiger partial charge in [-0.3, -0.25) is 14.4 Å². The van der Waals surface area contributed by atoms with E-state index >= 15 is 4.39 Å². The highest BCUT2D eigenvalue weighted by molar-refractivity contribution is 6.39. The Bertz CT molecular complexity index is 1910. The van der Waals surface area contributed by atoms with E-state index in [4.69, 9.17) is 29.4 Å². The van der Waals surface area contributed by atoms with E-state index in [0.29, 0.717) is 55.4 Å². The van der Waals surface area contributed by atoms with Gasteiger partial charge in [0.15, 0.2) is 0 Å². The standard InChI is InChI=1S/C49H71FN2O13/c1-9-32-21-26(2)42(50)27(3)22-40(61-7)44-41(62-8)23-29(5)49(60,65-44)45(55)46(56)52-19-11-10-12-36(52)48(59)64-43(30(6)37(53)25-38(32)54)28(4)20-31-13-18-35(51)39(24-31)63-34-16-14-33(15-17-34)47(57)58/h14-17,20-21,27,29-32,35-37,39-44,53,60H,9-13,18-19,22-25,51H2,1-8H3,(H,57,58). The van der Waals surface area contributed by atoms with Gasteiger partial charge < -0.3 is 49.6 Å². The minimum atomic E-state index is -2.63. The molecule has 2 saturated heterocycles. The van der Waals surface area contributed by atoms with Crippen molar-refractivity contribution in [1.82, 2.24) is 4.90 Å². The lowest BCUT2D eigenvalue weighted by molar-refractivity contribution is -0.302. The molecule has 15 atom stereocenters. The fourth-order valence-corrected chi connectivity index (χ4v) is 10.1. The number of aliphatic hydroxyl groups excluding tert-OH is 1. The van der Waals surface area contributed by atoms with E-state index in [-0.39, 0.29) is 55.5 Å². The van der Waals surface area contributed by atoms with E-state index in [1.807, 2.05) is 13.0 Å². The summed E-state index contributed by atoms with van der Waals surface area (Å²) in [5.41, 5.74) is 7.51. The average Bonchev–Trinajstić information content (AvgIpc) is 3.29. The zero-order valence-electron chi connectivity index (χ0n) is 39.2. The van der Waals surface area contributed by atoms with E-state index in [0.717, 1.165) is 4.90 Å². The summed E-state index contributed by atoms with van der Waals surface area (Å²) in [6, 6.07) is 4.53. The minimum Gasteiger partial charge on any atom is -0.489 e. The Balaban J connectivity index is 1.51. The smallest absolute Gasteiger partial charge is 0.335 e. The number of allylic oxidation sites excluding steroid dienone is 3. The number of halogens is 1. The molecular formula is C49H71FN2O13. The first-order valence-corrected chi connectivity index (χ1v) is 23.2. The number of hydrogen-bond acceptors (Lipinski definition) is 13. The summed E-state index contributed by atoms with van der Waals surface area (Å²) < 4.78 is 46.6. The maximum atomic E-state index is 16.3. The van der Waals surface area contributed by atoms with Crippen molar-refractivity contribution in [2.75, 3.05) is 20.8 Å². The number of carbonyl (C=O) groups is 5. The van der Waals surface area contributed by atoms with Crippen molar-refractivity contribution in [3.05, 3.63) is 53.1 Å². The maximum Gasteiger partial charge on any atom is 0.335 e. The highest BCUT2D eigenvalue weighted by atomic mass is 19.1. The first-order chi connectivity index (χ1) is 30.7. The predicted molar refractivity (Wildman–Crippen MR) is 237 cm³/mol. The quantitative estimate of drug-likeness (QED) is 0.143. The van der Waals surface area contributed by atoms with E-state index in [1.165, 1.54) is 26.4 Å². The molecule has 4 aliphatic rings. The number of aliphatic hydroxyl groups is 2. The lowest BCUT2D eigenvalue weighted by atomic mass is 9.81. The zero-order chi connectivity index (χ0) is 47.9. The number of carboxylic acid groups (broad SMARTS) is 1. The van der Waals surface area contributed by atoms with Gasteiger partial charge in [0.1, 0.15) is 42.1 Å². The molecule has 15 nitrogen and oxygen atoms in total. The van der Waals surface area contributed by atoms with Crippen molar-refractivity contribution in [3.8, 4) is 5.75 Å². The number of cyclic esters (lactones) is 1. The molecule has 1 aliphatic carbocycles. The molecular weight excluding hydrogens is 844 g/mol. The molecule has 1 saturated carbocycles. The van der Waals surface area contributed by atoms with E-state index in [2.05, 4.69) is 0 Å². The van der Waals surface area contributed by atoms with Gasteiger partial charge >= 0.3 is 11.9 Å². The van der Waals surface area contributed by atoms with Gasteiger partial charge in [0, 0.05) is 51.0 Å². The van der Waals surface area contributed by atoms with Crippen molar-refractivity contribution in [3.63, 3.8) is 0 Å². The molecule has 5 N–H and O–H groups in total. The van der Waals surface area contributed by atoms with Gasteiger partial charge in [-0.15, -0.1) is 0 Å². The van der Waals surface area contributed by atoms with Gasteiger partial charge in [-0.25, -0.2) is 14.0 Å². The second-order valence-electron chi connectivity index (χ2n) is 18.9. The molecule has 16 heteroatoms. The van der Waals surface area contributed by atoms with Crippen molar-refractivity contribution >= 4 is 29.4 Å². The normalized spacial score (nSPS) is 37.6. The molecule has 3 heterocycles. The molecule has 1 amide bonds. The van der Waals surface area contributed by atoms with Gasteiger partial charge in [0.25, 0.3) is 11.7 Å². The van der Waals surface area contributed by atoms with Crippen molar-refractivity contribution in [2.45, 2.75) is 166 Å². The lowest BCUT2D eigenvalue weighted by Crippen LogP contribution is -2.64. The highest BCUT2D eigenvalue weighted by Gasteiger charge is 2.57. The van der Waals surface area contributed by atoms with Crippen LogP contribution in [-0.4, -0.2) is 131 Å². The summed E-state index contributed by atoms with van der Waals surface area (Å²) in [6.07, 6.45) is -0.374. The predicted octanol–water partition coefficient (Wildman–Crippen LogP) is 5.52. The first-order valence-electron chi connectivity index (χ1n) is 23.2. The van der Waals surface area contributed by atoms with Crippen LogP contribution < -0.4 is 10.5 Å². The molecule has 0 spiro atoms. The lowest BCUT2D eigenvalue weighted by Gasteiger charge is -2.47. The number of ketones is 2. The van der Waals surface area contributed by atoms with E-state index < -0.39 is 102 Å². The summed E-state index contributed by atoms with van der Waals surface area (Å²) in [5, 5.41) is 33.2. The Kier molecular flexibility index (Phi) is 18.1. The topological polar surface area (TPSA) is 221 Å². The summed E-state index contributed by atoms with van der Waals surface area (Å²) in [5.74, 6) is -10.0. The third kappa shape index (κ3) is 12.1. The number of hydrogen-bond donors (Lipinski definition) is 4. The number of esters is 1. The Morgan fingerprint density at radius 3 is 2.28 bits per heavy atom. The minimum absolute atomic E-state index is 0.0225. The second kappa shape index (κ2) is 22.6. The molecule has 1 aromatic rings. The molecule has 362 valence electrons. The van der Waals surface area contributed by atoms with E-state index in [1.54, 1.807) is 52.8 Å². The Labute approximate surface area is 382 Å². The number of ether oxygens (including phenoxy) is 5. The van der Waals surface area contributed by atoms with Crippen molar-refractivity contribution in [1.29, 1.82) is 0 Å². The van der Waals surface area contributed by atoms with Gasteiger partial charge in [-0.05, 0) is 119 Å². The SMILES string of the molecule is CCC1C=C(C)C(F)C(C)CC(OC)C2OC(O)(C(=O)C(=O)N3CCCCC3C(=O)OC(C(C)=CC3CCC(N)C(Oc4ccc(C(=O)O)cc4)C3)C(C)C(O)CC1=O)C(C)CC2OC. The number of nitrogens with zero attached hydrogens (tertiary/aromatic N) is 1. The number of carbonyl (C=O) groups excluding carboxylic acids is 4. The summed E-state index contributed by atoms with van der Waals surface area (Å²) in [4.78, 5) is 69.5. The van der Waals surface area contributed by atoms with Crippen molar-refractivity contribution < 1.29 is 67.4 Å². The van der Waals surface area contributed by atoms with Gasteiger partial charge in [0.05, 0.1) is 23.9 Å². The largest absolute Gasteiger partial charge is 0.489 e. The fourth-order valence-electron chi connectivity index (χ4n) is 10.1. The third-order valence-electron chi connectivity index (χ3n) is 14.3. The van der Waals surface area contributed by atoms with Crippen LogP contribution in [0.1, 0.15) is 116 Å². The number of carboxylic acids is 1. The van der Waals surface area contributed by atoms with Gasteiger partial charge in [0.2, 0.25) is 5.79 Å². The third-order valence-corrected chi connectivity index (χ3v) is 14.3. The maximum absolute atomic E-state index is 16.3. The van der Waals surface area contributed by atoms with Gasteiger partial charge in [-0.2, -0.15) is 0 Å². The number of amides is 1. The van der Waals surface area contributed by atoms with Crippen LogP contribution in [0.5, 0.6) is 5.75 Å². The first kappa shape index (κ1) is 51.9. The number of benzene rings is 1. The number of aromatic carboxylic acids is 1. The summed E-state index contributed by atoms with van der Waals surface area (Å²) in [6.45, 7) is 10.1. The van der Waals surface area contributed by atoms with Crippen LogP contribution in [0.15, 0.2) is 47.6 Å². The molecule has 5 rings (SSSR count). The highest BCUT2D eigenvalue weighted by Crippen LogP contribution is 2.40. The molecule has 0 radical (unpaired) electrons. The molecule has 2 bridgehead atoms. The number of piperidine rings is 1. The number of nitrogens with two attached hydrogens (primary N) is 1. The Morgan fingerprint density at radius 1 is 0.985 bits per heavy atom. The van der Waals surface area contributed by atoms with Crippen LogP contribution in [0.3, 0.4) is 0 Å². The number of rotatable bonds is 8. The molecule has 3 aliphatic heterocycles. The van der Waals surface area contributed by atoms with E-state index in [9.17, 15) is 39.3 Å². The number of alkyl halides is 1. The zero-order valence-corrected chi connectivity index (χ0v) is 39.2. The Morgan fingerprint density at radius 2 is 1.65 bits per heavy atom. The van der Waals surface area contributed by atoms with Crippen LogP contribution in [0.4, 0.5) is 4.39 Å². The summed E-state index contributed by atoms with van der Waals surface area (Å²) >= 11 is 0. The number of methoxy groups -OCH3 is 2. The molecule has 1 aromatic carbocycles. The molecule has 65 heavy (non-hydrogen) atoms. The summed E-state index contributed by atoms with van der Waals surface area (Å²) in [7, 11) is 2.86. The van der Waals surface area contributed by atoms with Crippen LogP contribution in [-0.2, 0) is 38.1 Å². The fraction of sp³-hybridized carbons (Fsp3) is 0.694. The molecule has 0 aromatic heterocycles.